The maximum Gasteiger partial charge on any atom is 0.187 e. The first-order valence-corrected chi connectivity index (χ1v) is 7.45. The molecule has 2 N–H and O–H groups in total. The molecular weight excluding hydrogens is 260 g/mol. The molecule has 2 aliphatic carbocycles. The lowest BCUT2D eigenvalue weighted by atomic mass is 9.57. The van der Waals surface area contributed by atoms with E-state index in [2.05, 4.69) is 38.1 Å². The van der Waals surface area contributed by atoms with Crippen molar-refractivity contribution in [3.63, 3.8) is 0 Å². The Balaban J connectivity index is 2.70. The zero-order valence-electron chi connectivity index (χ0n) is 12.6. The minimum atomic E-state index is -1.37. The number of nitriles is 3. The molecular formula is C17H20N4. The predicted octanol–water partition coefficient (Wildman–Crippen LogP) is 3.16. The molecule has 0 heterocycles. The van der Waals surface area contributed by atoms with Gasteiger partial charge < -0.3 is 5.73 Å². The summed E-state index contributed by atoms with van der Waals surface area (Å²) in [6, 6.07) is 6.43. The molecule has 0 aliphatic heterocycles. The van der Waals surface area contributed by atoms with Gasteiger partial charge in [-0.2, -0.15) is 15.8 Å². The number of nitrogens with two attached hydrogens (primary N) is 1. The summed E-state index contributed by atoms with van der Waals surface area (Å²) >= 11 is 0. The van der Waals surface area contributed by atoms with Crippen molar-refractivity contribution in [1.82, 2.24) is 0 Å². The van der Waals surface area contributed by atoms with E-state index in [0.717, 1.165) is 31.3 Å². The van der Waals surface area contributed by atoms with Crippen LogP contribution in [0.4, 0.5) is 0 Å². The third-order valence-corrected chi connectivity index (χ3v) is 4.70. The van der Waals surface area contributed by atoms with Crippen molar-refractivity contribution in [1.29, 1.82) is 15.8 Å². The van der Waals surface area contributed by atoms with Crippen LogP contribution in [0.15, 0.2) is 22.9 Å². The number of hydrogen-bond donors (Lipinski definition) is 1. The summed E-state index contributed by atoms with van der Waals surface area (Å²) in [5.41, 5.74) is 6.25. The fourth-order valence-corrected chi connectivity index (χ4v) is 3.75. The third-order valence-electron chi connectivity index (χ3n) is 4.70. The van der Waals surface area contributed by atoms with Gasteiger partial charge in [-0.1, -0.05) is 19.9 Å². The average Bonchev–Trinajstić information content (AvgIpc) is 2.48. The highest BCUT2D eigenvalue weighted by Crippen LogP contribution is 2.53. The van der Waals surface area contributed by atoms with E-state index in [0.29, 0.717) is 11.5 Å². The zero-order chi connectivity index (χ0) is 15.6. The molecule has 0 saturated heterocycles. The molecule has 0 unspecified atom stereocenters. The summed E-state index contributed by atoms with van der Waals surface area (Å²) in [6.07, 6.45) is 5.74. The molecule has 0 aromatic heterocycles. The van der Waals surface area contributed by atoms with Gasteiger partial charge in [0, 0.05) is 5.92 Å². The lowest BCUT2D eigenvalue weighted by molar-refractivity contribution is 0.199. The van der Waals surface area contributed by atoms with Crippen molar-refractivity contribution in [2.45, 2.75) is 39.5 Å². The van der Waals surface area contributed by atoms with Gasteiger partial charge in [0.25, 0.3) is 0 Å². The lowest BCUT2D eigenvalue weighted by Crippen LogP contribution is -2.44. The molecule has 0 fully saturated rings. The molecule has 0 amide bonds. The van der Waals surface area contributed by atoms with E-state index >= 15 is 0 Å². The van der Waals surface area contributed by atoms with E-state index in [-0.39, 0.29) is 17.5 Å². The highest BCUT2D eigenvalue weighted by molar-refractivity contribution is 5.56. The Morgan fingerprint density at radius 3 is 2.52 bits per heavy atom. The van der Waals surface area contributed by atoms with Gasteiger partial charge in [-0.3, -0.25) is 0 Å². The molecule has 0 spiro atoms. The van der Waals surface area contributed by atoms with Crippen molar-refractivity contribution in [3.05, 3.63) is 22.9 Å². The van der Waals surface area contributed by atoms with Gasteiger partial charge in [-0.25, -0.2) is 0 Å². The normalized spacial score (nSPS) is 27.1. The monoisotopic (exact) mass is 280 g/mol. The first kappa shape index (κ1) is 15.1. The van der Waals surface area contributed by atoms with E-state index < -0.39 is 5.41 Å². The number of fused-ring (bicyclic) bond motifs is 1. The Bertz CT molecular complexity index is 605. The molecule has 0 saturated carbocycles. The summed E-state index contributed by atoms with van der Waals surface area (Å²) in [6.45, 7) is 4.18. The molecule has 0 radical (unpaired) electrons. The minimum absolute atomic E-state index is 0.0994. The van der Waals surface area contributed by atoms with Crippen LogP contribution in [0.1, 0.15) is 39.5 Å². The van der Waals surface area contributed by atoms with Gasteiger partial charge in [0.05, 0.1) is 23.4 Å². The molecule has 21 heavy (non-hydrogen) atoms. The SMILES string of the molecule is CC(C)C[C@@H]1[C@@H]2CCCC=C2C(C#N)=C(N)C1(C#N)C#N. The van der Waals surface area contributed by atoms with Crippen LogP contribution in [0.5, 0.6) is 0 Å². The predicted molar refractivity (Wildman–Crippen MR) is 78.9 cm³/mol. The van der Waals surface area contributed by atoms with Crippen LogP contribution in [0.3, 0.4) is 0 Å². The van der Waals surface area contributed by atoms with Crippen molar-refractivity contribution in [2.24, 2.45) is 28.9 Å². The van der Waals surface area contributed by atoms with Gasteiger partial charge >= 0.3 is 0 Å². The maximum atomic E-state index is 9.68. The van der Waals surface area contributed by atoms with Crippen LogP contribution < -0.4 is 5.73 Å². The molecule has 4 nitrogen and oxygen atoms in total. The number of allylic oxidation sites excluding steroid dienone is 4. The standard InChI is InChI=1S/C17H20N4/c1-11(2)7-15-13-6-4-3-5-12(13)14(8-18)16(21)17(15,9-19)10-20/h5,11,13,15H,3-4,6-7,21H2,1-2H3/t13-,15-/m1/s1. The van der Waals surface area contributed by atoms with Crippen molar-refractivity contribution in [2.75, 3.05) is 0 Å². The molecule has 0 aromatic carbocycles. The highest BCUT2D eigenvalue weighted by Gasteiger charge is 2.52. The van der Waals surface area contributed by atoms with Crippen LogP contribution in [0, 0.1) is 57.2 Å². The van der Waals surface area contributed by atoms with Crippen molar-refractivity contribution in [3.8, 4) is 18.2 Å². The highest BCUT2D eigenvalue weighted by atomic mass is 14.7. The largest absolute Gasteiger partial charge is 0.399 e. The van der Waals surface area contributed by atoms with Crippen LogP contribution in [-0.2, 0) is 0 Å². The second kappa shape index (κ2) is 5.63. The van der Waals surface area contributed by atoms with E-state index in [9.17, 15) is 15.8 Å². The van der Waals surface area contributed by atoms with E-state index in [1.165, 1.54) is 0 Å². The lowest BCUT2D eigenvalue weighted by Gasteiger charge is -2.43. The molecule has 2 rings (SSSR count). The van der Waals surface area contributed by atoms with Gasteiger partial charge in [0.15, 0.2) is 5.41 Å². The molecule has 0 aromatic rings. The Kier molecular flexibility index (Phi) is 4.06. The van der Waals surface area contributed by atoms with Gasteiger partial charge in [0.2, 0.25) is 0 Å². The van der Waals surface area contributed by atoms with Crippen LogP contribution in [0.2, 0.25) is 0 Å². The van der Waals surface area contributed by atoms with Crippen molar-refractivity contribution >= 4 is 0 Å². The Labute approximate surface area is 126 Å². The first-order chi connectivity index (χ1) is 10.0. The Morgan fingerprint density at radius 1 is 1.33 bits per heavy atom. The molecule has 108 valence electrons. The van der Waals surface area contributed by atoms with E-state index in [4.69, 9.17) is 5.73 Å². The van der Waals surface area contributed by atoms with Crippen LogP contribution >= 0.6 is 0 Å². The summed E-state index contributed by atoms with van der Waals surface area (Å²) in [5, 5.41) is 28.8. The van der Waals surface area contributed by atoms with Crippen LogP contribution in [0.25, 0.3) is 0 Å². The first-order valence-electron chi connectivity index (χ1n) is 7.45. The minimum Gasteiger partial charge on any atom is -0.399 e. The Hall–Kier alpha value is -2.25. The van der Waals surface area contributed by atoms with Crippen LogP contribution in [-0.4, -0.2) is 0 Å². The summed E-state index contributed by atoms with van der Waals surface area (Å²) in [4.78, 5) is 0. The van der Waals surface area contributed by atoms with Crippen molar-refractivity contribution < 1.29 is 0 Å². The van der Waals surface area contributed by atoms with Gasteiger partial charge in [-0.15, -0.1) is 0 Å². The topological polar surface area (TPSA) is 97.4 Å². The fraction of sp³-hybridized carbons (Fsp3) is 0.588. The number of rotatable bonds is 2. The Morgan fingerprint density at radius 2 is 2.00 bits per heavy atom. The second-order valence-electron chi connectivity index (χ2n) is 6.37. The van der Waals surface area contributed by atoms with Gasteiger partial charge in [-0.05, 0) is 43.1 Å². The number of nitrogens with zero attached hydrogens (tertiary/aromatic N) is 3. The third kappa shape index (κ3) is 2.20. The average molecular weight is 280 g/mol. The summed E-state index contributed by atoms with van der Waals surface area (Å²) in [7, 11) is 0. The number of hydrogen-bond acceptors (Lipinski definition) is 4. The van der Waals surface area contributed by atoms with Gasteiger partial charge in [0.1, 0.15) is 6.07 Å². The molecule has 0 bridgehead atoms. The molecule has 2 atom stereocenters. The van der Waals surface area contributed by atoms with E-state index in [1.807, 2.05) is 0 Å². The smallest absolute Gasteiger partial charge is 0.187 e. The molecule has 4 heteroatoms. The summed E-state index contributed by atoms with van der Waals surface area (Å²) in [5.74, 6) is 0.342. The summed E-state index contributed by atoms with van der Waals surface area (Å²) < 4.78 is 0. The van der Waals surface area contributed by atoms with E-state index in [1.54, 1.807) is 0 Å². The second-order valence-corrected chi connectivity index (χ2v) is 6.37. The maximum absolute atomic E-state index is 9.68. The molecule has 2 aliphatic rings. The zero-order valence-corrected chi connectivity index (χ0v) is 12.6. The quantitative estimate of drug-likeness (QED) is 0.840. The fourth-order valence-electron chi connectivity index (χ4n) is 3.75.